The van der Waals surface area contributed by atoms with Gasteiger partial charge in [-0.3, -0.25) is 14.9 Å². The fraction of sp³-hybridized carbons (Fsp3) is 0.300. The van der Waals surface area contributed by atoms with E-state index in [0.717, 1.165) is 12.1 Å². The van der Waals surface area contributed by atoms with Crippen LogP contribution in [0.1, 0.15) is 31.1 Å². The Labute approximate surface area is 190 Å². The second-order valence-corrected chi connectivity index (χ2v) is 8.92. The molecule has 0 saturated heterocycles. The molecule has 0 bridgehead atoms. The highest BCUT2D eigenvalue weighted by atomic mass is 35.5. The Morgan fingerprint density at radius 1 is 1.19 bits per heavy atom. The molecule has 0 aliphatic heterocycles. The molecule has 0 aliphatic carbocycles. The van der Waals surface area contributed by atoms with Gasteiger partial charge >= 0.3 is 5.97 Å². The molecule has 1 amide bonds. The Morgan fingerprint density at radius 2 is 1.84 bits per heavy atom. The summed E-state index contributed by atoms with van der Waals surface area (Å²) < 4.78 is 31.8. The molecule has 2 aromatic rings. The molecule has 0 radical (unpaired) electrons. The Balaban J connectivity index is 2.18. The molecule has 10 nitrogen and oxygen atoms in total. The van der Waals surface area contributed by atoms with Crippen molar-refractivity contribution in [3.05, 3.63) is 63.2 Å². The molecule has 0 heterocycles. The number of carbonyl (C=O) groups is 2. The van der Waals surface area contributed by atoms with Gasteiger partial charge in [0.15, 0.2) is 6.10 Å². The first-order valence-electron chi connectivity index (χ1n) is 9.57. The lowest BCUT2D eigenvalue weighted by molar-refractivity contribution is -0.384. The van der Waals surface area contributed by atoms with Gasteiger partial charge in [-0.05, 0) is 31.2 Å². The molecular formula is C20H22ClN3O7S. The van der Waals surface area contributed by atoms with Gasteiger partial charge in [0.05, 0.1) is 20.4 Å². The lowest BCUT2D eigenvalue weighted by atomic mass is 10.2. The van der Waals surface area contributed by atoms with E-state index in [1.807, 2.05) is 0 Å². The van der Waals surface area contributed by atoms with Gasteiger partial charge in [-0.15, -0.1) is 0 Å². The molecule has 32 heavy (non-hydrogen) atoms. The van der Waals surface area contributed by atoms with Gasteiger partial charge in [0, 0.05) is 30.9 Å². The van der Waals surface area contributed by atoms with Crippen molar-refractivity contribution >= 4 is 44.9 Å². The maximum Gasteiger partial charge on any atom is 0.340 e. The normalized spacial score (nSPS) is 12.3. The summed E-state index contributed by atoms with van der Waals surface area (Å²) in [5.41, 5.74) is -0.280. The number of nitro benzene ring substituents is 1. The number of nitro groups is 1. The minimum Gasteiger partial charge on any atom is -0.449 e. The number of sulfonamides is 1. The largest absolute Gasteiger partial charge is 0.449 e. The van der Waals surface area contributed by atoms with Crippen molar-refractivity contribution in [2.45, 2.75) is 31.8 Å². The van der Waals surface area contributed by atoms with Crippen LogP contribution in [0.25, 0.3) is 0 Å². The zero-order chi connectivity index (χ0) is 24.1. The van der Waals surface area contributed by atoms with E-state index in [1.54, 1.807) is 13.8 Å². The average molecular weight is 484 g/mol. The number of esters is 1. The van der Waals surface area contributed by atoms with Crippen LogP contribution in [0.4, 0.5) is 11.4 Å². The number of ether oxygens (including phenoxy) is 1. The van der Waals surface area contributed by atoms with Crippen molar-refractivity contribution in [3.63, 3.8) is 0 Å². The predicted octanol–water partition coefficient (Wildman–Crippen LogP) is 3.46. The third-order valence-corrected chi connectivity index (χ3v) is 6.85. The van der Waals surface area contributed by atoms with Gasteiger partial charge in [0.25, 0.3) is 11.6 Å². The highest BCUT2D eigenvalue weighted by Gasteiger charge is 2.26. The van der Waals surface area contributed by atoms with Crippen molar-refractivity contribution < 1.29 is 27.7 Å². The number of amides is 1. The maximum atomic E-state index is 12.7. The summed E-state index contributed by atoms with van der Waals surface area (Å²) in [6.45, 7) is 5.17. The molecule has 12 heteroatoms. The van der Waals surface area contributed by atoms with Gasteiger partial charge in [-0.1, -0.05) is 31.5 Å². The summed E-state index contributed by atoms with van der Waals surface area (Å²) in [4.78, 5) is 35.0. The summed E-state index contributed by atoms with van der Waals surface area (Å²) in [5.74, 6) is -1.73. The molecule has 0 aromatic heterocycles. The van der Waals surface area contributed by atoms with Crippen LogP contribution in [0.2, 0.25) is 5.02 Å². The van der Waals surface area contributed by atoms with Crippen molar-refractivity contribution in [2.75, 3.05) is 18.4 Å². The Hall–Kier alpha value is -3.02. The molecule has 1 N–H and O–H groups in total. The van der Waals surface area contributed by atoms with Crippen molar-refractivity contribution in [1.29, 1.82) is 0 Å². The van der Waals surface area contributed by atoms with E-state index in [9.17, 15) is 28.1 Å². The van der Waals surface area contributed by atoms with Crippen molar-refractivity contribution in [2.24, 2.45) is 0 Å². The molecule has 0 fully saturated rings. The summed E-state index contributed by atoms with van der Waals surface area (Å²) in [7, 11) is -3.84. The molecule has 0 spiro atoms. The molecular weight excluding hydrogens is 462 g/mol. The van der Waals surface area contributed by atoms with Gasteiger partial charge in [-0.25, -0.2) is 13.2 Å². The number of anilines is 1. The van der Waals surface area contributed by atoms with E-state index in [0.29, 0.717) is 0 Å². The van der Waals surface area contributed by atoms with Gasteiger partial charge in [-0.2, -0.15) is 4.31 Å². The minimum absolute atomic E-state index is 0.0419. The third kappa shape index (κ3) is 5.81. The zero-order valence-electron chi connectivity index (χ0n) is 17.6. The van der Waals surface area contributed by atoms with E-state index in [2.05, 4.69) is 5.32 Å². The van der Waals surface area contributed by atoms with Crippen LogP contribution < -0.4 is 5.32 Å². The first-order valence-corrected chi connectivity index (χ1v) is 11.4. The van der Waals surface area contributed by atoms with Crippen molar-refractivity contribution in [3.8, 4) is 0 Å². The van der Waals surface area contributed by atoms with Gasteiger partial charge in [0.2, 0.25) is 10.0 Å². The molecule has 2 aromatic carbocycles. The molecule has 172 valence electrons. The minimum atomic E-state index is -3.84. The molecule has 0 unspecified atom stereocenters. The SMILES string of the molecule is CCN(CC)S(=O)(=O)c1ccc(Cl)c(C(=O)O[C@H](C)C(=O)Nc2cccc([N+](=O)[O-])c2)c1. The fourth-order valence-corrected chi connectivity index (χ4v) is 4.43. The number of halogens is 1. The topological polar surface area (TPSA) is 136 Å². The lowest BCUT2D eigenvalue weighted by Crippen LogP contribution is -2.31. The number of nitrogens with zero attached hydrogens (tertiary/aromatic N) is 2. The first kappa shape index (κ1) is 25.2. The number of nitrogens with one attached hydrogen (secondary N) is 1. The quantitative estimate of drug-likeness (QED) is 0.327. The summed E-state index contributed by atoms with van der Waals surface area (Å²) in [6, 6.07) is 8.91. The molecule has 0 saturated carbocycles. The third-order valence-electron chi connectivity index (χ3n) is 4.48. The highest BCUT2D eigenvalue weighted by Crippen LogP contribution is 2.24. The fourth-order valence-electron chi connectivity index (χ4n) is 2.75. The van der Waals surface area contributed by atoms with E-state index in [-0.39, 0.29) is 39.9 Å². The number of rotatable bonds is 9. The second-order valence-electron chi connectivity index (χ2n) is 6.58. The zero-order valence-corrected chi connectivity index (χ0v) is 19.1. The number of hydrogen-bond acceptors (Lipinski definition) is 7. The van der Waals surface area contributed by atoms with Crippen LogP contribution in [0.15, 0.2) is 47.4 Å². The monoisotopic (exact) mass is 483 g/mol. The van der Waals surface area contributed by atoms with E-state index < -0.39 is 32.9 Å². The number of benzene rings is 2. The number of non-ortho nitro benzene ring substituents is 1. The lowest BCUT2D eigenvalue weighted by Gasteiger charge is -2.19. The maximum absolute atomic E-state index is 12.7. The van der Waals surface area contributed by atoms with E-state index in [1.165, 1.54) is 41.6 Å². The standard InChI is InChI=1S/C20H22ClN3O7S/c1-4-23(5-2)32(29,30)16-9-10-18(21)17(12-16)20(26)31-13(3)19(25)22-14-7-6-8-15(11-14)24(27)28/h6-13H,4-5H2,1-3H3,(H,22,25)/t13-/m1/s1. The average Bonchev–Trinajstić information content (AvgIpc) is 2.74. The Kier molecular flexibility index (Phi) is 8.31. The smallest absolute Gasteiger partial charge is 0.340 e. The van der Waals surface area contributed by atoms with Gasteiger partial charge < -0.3 is 10.1 Å². The number of hydrogen-bond donors (Lipinski definition) is 1. The van der Waals surface area contributed by atoms with Crippen LogP contribution in [0.3, 0.4) is 0 Å². The highest BCUT2D eigenvalue weighted by molar-refractivity contribution is 7.89. The number of carbonyl (C=O) groups excluding carboxylic acids is 2. The summed E-state index contributed by atoms with van der Waals surface area (Å²) in [6.07, 6.45) is -1.29. The van der Waals surface area contributed by atoms with E-state index in [4.69, 9.17) is 16.3 Å². The predicted molar refractivity (Wildman–Crippen MR) is 118 cm³/mol. The van der Waals surface area contributed by atoms with Crippen LogP contribution in [-0.2, 0) is 19.6 Å². The van der Waals surface area contributed by atoms with Crippen LogP contribution in [-0.4, -0.2) is 48.7 Å². The summed E-state index contributed by atoms with van der Waals surface area (Å²) >= 11 is 6.05. The Morgan fingerprint density at radius 3 is 2.44 bits per heavy atom. The van der Waals surface area contributed by atoms with Crippen molar-refractivity contribution in [1.82, 2.24) is 4.31 Å². The molecule has 2 rings (SSSR count). The molecule has 1 atom stereocenters. The van der Waals surface area contributed by atoms with Crippen LogP contribution in [0.5, 0.6) is 0 Å². The van der Waals surface area contributed by atoms with E-state index >= 15 is 0 Å². The van der Waals surface area contributed by atoms with Crippen LogP contribution >= 0.6 is 11.6 Å². The van der Waals surface area contributed by atoms with Crippen LogP contribution in [0, 0.1) is 10.1 Å². The van der Waals surface area contributed by atoms with Gasteiger partial charge in [0.1, 0.15) is 0 Å². The summed E-state index contributed by atoms with van der Waals surface area (Å²) in [5, 5.41) is 13.2. The Bertz CT molecular complexity index is 1130. The first-order chi connectivity index (χ1) is 15.0. The second kappa shape index (κ2) is 10.5. The molecule has 0 aliphatic rings.